The highest BCUT2D eigenvalue weighted by Crippen LogP contribution is 2.27. The van der Waals surface area contributed by atoms with Crippen LogP contribution >= 0.6 is 23.2 Å². The van der Waals surface area contributed by atoms with Gasteiger partial charge in [0.15, 0.2) is 0 Å². The van der Waals surface area contributed by atoms with Gasteiger partial charge in [0.1, 0.15) is 4.90 Å². The third-order valence-electron chi connectivity index (χ3n) is 2.87. The molecule has 2 N–H and O–H groups in total. The molecule has 9 heteroatoms. The minimum Gasteiger partial charge on any atom is -0.280 e. The molecule has 0 saturated carbocycles. The monoisotopic (exact) mass is 388 g/mol. The molecule has 0 unspecified atom stereocenters. The molecule has 6 nitrogen and oxygen atoms in total. The van der Waals surface area contributed by atoms with Crippen molar-refractivity contribution >= 4 is 44.8 Å². The molecular weight excluding hydrogens is 375 g/mol. The van der Waals surface area contributed by atoms with Crippen LogP contribution in [0.4, 0.5) is 5.69 Å². The normalized spacial score (nSPS) is 11.1. The number of carbonyl (C=O) groups excluding carboxylic acids is 1. The van der Waals surface area contributed by atoms with E-state index in [1.807, 2.05) is 0 Å². The Labute approximate surface area is 149 Å². The second kappa shape index (κ2) is 7.85. The molecule has 128 valence electrons. The lowest BCUT2D eigenvalue weighted by atomic mass is 10.2. The van der Waals surface area contributed by atoms with Gasteiger partial charge in [-0.2, -0.15) is 0 Å². The maximum absolute atomic E-state index is 12.4. The van der Waals surface area contributed by atoms with Gasteiger partial charge in [-0.05, 0) is 43.3 Å². The van der Waals surface area contributed by atoms with Crippen molar-refractivity contribution in [3.63, 3.8) is 0 Å². The van der Waals surface area contributed by atoms with Gasteiger partial charge in [0.2, 0.25) is 0 Å². The van der Waals surface area contributed by atoms with E-state index in [4.69, 9.17) is 28.0 Å². The van der Waals surface area contributed by atoms with Crippen molar-refractivity contribution in [1.29, 1.82) is 0 Å². The van der Waals surface area contributed by atoms with Crippen molar-refractivity contribution < 1.29 is 18.0 Å². The highest BCUT2D eigenvalue weighted by atomic mass is 35.5. The number of carbonyl (C=O) groups is 1. The number of halogens is 2. The van der Waals surface area contributed by atoms with E-state index in [0.29, 0.717) is 6.61 Å². The van der Waals surface area contributed by atoms with Gasteiger partial charge in [0.25, 0.3) is 15.9 Å². The van der Waals surface area contributed by atoms with Crippen molar-refractivity contribution in [3.8, 4) is 0 Å². The van der Waals surface area contributed by atoms with Crippen LogP contribution in [0.1, 0.15) is 17.3 Å². The zero-order valence-electron chi connectivity index (χ0n) is 12.5. The fourth-order valence-corrected chi connectivity index (χ4v) is 3.63. The summed E-state index contributed by atoms with van der Waals surface area (Å²) in [6.45, 7) is 2.03. The smallest absolute Gasteiger partial charge is 0.274 e. The number of hydrogen-bond acceptors (Lipinski definition) is 4. The standard InChI is InChI=1S/C15H14Cl2N2O4S/c1-2-23-18-15(20)10-4-3-5-12(8-10)19-24(21,22)14-9-11(16)6-7-13(14)17/h3-9,19H,2H2,1H3,(H,18,20). The Bertz CT molecular complexity index is 856. The van der Waals surface area contributed by atoms with Crippen LogP contribution < -0.4 is 10.2 Å². The van der Waals surface area contributed by atoms with Gasteiger partial charge in [-0.3, -0.25) is 14.4 Å². The Morgan fingerprint density at radius 3 is 2.62 bits per heavy atom. The number of rotatable bonds is 6. The number of nitrogens with one attached hydrogen (secondary N) is 2. The minimum absolute atomic E-state index is 0.0390. The fourth-order valence-electron chi connectivity index (χ4n) is 1.81. The number of benzene rings is 2. The summed E-state index contributed by atoms with van der Waals surface area (Å²) in [4.78, 5) is 16.5. The van der Waals surface area contributed by atoms with Crippen LogP contribution in [0.3, 0.4) is 0 Å². The van der Waals surface area contributed by atoms with E-state index in [1.54, 1.807) is 6.92 Å². The topological polar surface area (TPSA) is 84.5 Å². The average molecular weight is 389 g/mol. The van der Waals surface area contributed by atoms with Gasteiger partial charge in [-0.1, -0.05) is 29.3 Å². The molecule has 2 aromatic rings. The van der Waals surface area contributed by atoms with Crippen LogP contribution in [-0.4, -0.2) is 20.9 Å². The summed E-state index contributed by atoms with van der Waals surface area (Å²) in [7, 11) is -3.96. The quantitative estimate of drug-likeness (QED) is 0.741. The lowest BCUT2D eigenvalue weighted by Gasteiger charge is -2.11. The van der Waals surface area contributed by atoms with Gasteiger partial charge in [0, 0.05) is 16.3 Å². The molecule has 24 heavy (non-hydrogen) atoms. The summed E-state index contributed by atoms with van der Waals surface area (Å²) >= 11 is 11.8. The minimum atomic E-state index is -3.96. The Hall–Kier alpha value is -1.80. The van der Waals surface area contributed by atoms with E-state index in [0.717, 1.165) is 0 Å². The SMILES string of the molecule is CCONC(=O)c1cccc(NS(=O)(=O)c2cc(Cl)ccc2Cl)c1. The maximum atomic E-state index is 12.4. The van der Waals surface area contributed by atoms with Crippen LogP contribution in [0.25, 0.3) is 0 Å². The van der Waals surface area contributed by atoms with Crippen molar-refractivity contribution in [2.24, 2.45) is 0 Å². The molecule has 2 aromatic carbocycles. The molecule has 0 bridgehead atoms. The third-order valence-corrected chi connectivity index (χ3v) is 4.97. The summed E-state index contributed by atoms with van der Waals surface area (Å²) in [6, 6.07) is 10.1. The lowest BCUT2D eigenvalue weighted by molar-refractivity contribution is 0.0364. The Balaban J connectivity index is 2.27. The molecule has 0 radical (unpaired) electrons. The van der Waals surface area contributed by atoms with E-state index in [1.165, 1.54) is 42.5 Å². The molecular formula is C15H14Cl2N2O4S. The molecule has 1 amide bonds. The fraction of sp³-hybridized carbons (Fsp3) is 0.133. The molecule has 0 aromatic heterocycles. The van der Waals surface area contributed by atoms with Gasteiger partial charge < -0.3 is 0 Å². The van der Waals surface area contributed by atoms with Crippen molar-refractivity contribution in [2.45, 2.75) is 11.8 Å². The first-order valence-corrected chi connectivity index (χ1v) is 9.07. The molecule has 0 aliphatic heterocycles. The molecule has 0 heterocycles. The van der Waals surface area contributed by atoms with Gasteiger partial charge in [-0.25, -0.2) is 13.9 Å². The molecule has 0 atom stereocenters. The predicted octanol–water partition coefficient (Wildman–Crippen LogP) is 3.48. The maximum Gasteiger partial charge on any atom is 0.274 e. The highest BCUT2D eigenvalue weighted by Gasteiger charge is 2.19. The van der Waals surface area contributed by atoms with Crippen molar-refractivity contribution in [3.05, 3.63) is 58.1 Å². The summed E-state index contributed by atoms with van der Waals surface area (Å²) in [5.74, 6) is -0.487. The van der Waals surface area contributed by atoms with Crippen LogP contribution in [0.2, 0.25) is 10.0 Å². The van der Waals surface area contributed by atoms with E-state index in [-0.39, 0.29) is 26.2 Å². The predicted molar refractivity (Wildman–Crippen MR) is 92.8 cm³/mol. The molecule has 0 saturated heterocycles. The number of sulfonamides is 1. The summed E-state index contributed by atoms with van der Waals surface area (Å²) in [5, 5.41) is 0.279. The summed E-state index contributed by atoms with van der Waals surface area (Å²) in [5.41, 5.74) is 2.67. The zero-order valence-corrected chi connectivity index (χ0v) is 14.9. The van der Waals surface area contributed by atoms with Gasteiger partial charge in [0.05, 0.1) is 11.6 Å². The summed E-state index contributed by atoms with van der Waals surface area (Å²) in [6.07, 6.45) is 0. The Morgan fingerprint density at radius 1 is 1.17 bits per heavy atom. The van der Waals surface area contributed by atoms with Gasteiger partial charge >= 0.3 is 0 Å². The van der Waals surface area contributed by atoms with E-state index < -0.39 is 15.9 Å². The molecule has 0 aliphatic rings. The molecule has 0 aliphatic carbocycles. The number of anilines is 1. The first kappa shape index (κ1) is 18.5. The molecule has 0 spiro atoms. The third kappa shape index (κ3) is 4.61. The number of hydroxylamine groups is 1. The second-order valence-corrected chi connectivity index (χ2v) is 7.12. The van der Waals surface area contributed by atoms with Gasteiger partial charge in [-0.15, -0.1) is 0 Å². The van der Waals surface area contributed by atoms with Crippen LogP contribution in [0, 0.1) is 0 Å². The lowest BCUT2D eigenvalue weighted by Crippen LogP contribution is -2.23. The van der Waals surface area contributed by atoms with E-state index >= 15 is 0 Å². The van der Waals surface area contributed by atoms with E-state index in [2.05, 4.69) is 10.2 Å². The second-order valence-electron chi connectivity index (χ2n) is 4.63. The summed E-state index contributed by atoms with van der Waals surface area (Å²) < 4.78 is 27.3. The average Bonchev–Trinajstić information content (AvgIpc) is 2.54. The Morgan fingerprint density at radius 2 is 1.92 bits per heavy atom. The number of amides is 1. The zero-order chi connectivity index (χ0) is 17.7. The number of hydrogen-bond donors (Lipinski definition) is 2. The Kier molecular flexibility index (Phi) is 6.06. The van der Waals surface area contributed by atoms with Crippen LogP contribution in [0.15, 0.2) is 47.4 Å². The molecule has 2 rings (SSSR count). The first-order chi connectivity index (χ1) is 11.3. The first-order valence-electron chi connectivity index (χ1n) is 6.83. The molecule has 0 fully saturated rings. The largest absolute Gasteiger partial charge is 0.280 e. The van der Waals surface area contributed by atoms with Crippen LogP contribution in [0.5, 0.6) is 0 Å². The van der Waals surface area contributed by atoms with Crippen molar-refractivity contribution in [2.75, 3.05) is 11.3 Å². The van der Waals surface area contributed by atoms with Crippen molar-refractivity contribution in [1.82, 2.24) is 5.48 Å². The highest BCUT2D eigenvalue weighted by molar-refractivity contribution is 7.92. The van der Waals surface area contributed by atoms with E-state index in [9.17, 15) is 13.2 Å². The van der Waals surface area contributed by atoms with Crippen LogP contribution in [-0.2, 0) is 14.9 Å².